The lowest BCUT2D eigenvalue weighted by atomic mass is 10.3. The molecule has 0 saturated heterocycles. The number of aryl methyl sites for hydroxylation is 2. The Bertz CT molecular complexity index is 787. The summed E-state index contributed by atoms with van der Waals surface area (Å²) in [5, 5.41) is 2.91. The zero-order valence-electron chi connectivity index (χ0n) is 12.6. The van der Waals surface area contributed by atoms with E-state index in [4.69, 9.17) is 4.42 Å². The van der Waals surface area contributed by atoms with E-state index in [0.717, 1.165) is 27.1 Å². The lowest BCUT2D eigenvalue weighted by Crippen LogP contribution is -2.25. The minimum absolute atomic E-state index is 0.0214. The molecule has 0 N–H and O–H groups in total. The number of thiazole rings is 1. The minimum Gasteiger partial charge on any atom is -0.464 e. The summed E-state index contributed by atoms with van der Waals surface area (Å²) >= 11 is 3.08. The molecule has 22 heavy (non-hydrogen) atoms. The van der Waals surface area contributed by atoms with Crippen molar-refractivity contribution in [1.82, 2.24) is 9.88 Å². The first-order valence-electron chi connectivity index (χ1n) is 6.86. The Labute approximate surface area is 137 Å². The number of hydrogen-bond donors (Lipinski definition) is 0. The molecule has 3 aromatic rings. The van der Waals surface area contributed by atoms with Crippen LogP contribution in [-0.2, 0) is 6.54 Å². The van der Waals surface area contributed by atoms with E-state index in [1.165, 1.54) is 11.3 Å². The van der Waals surface area contributed by atoms with Crippen LogP contribution in [0, 0.1) is 13.8 Å². The second-order valence-electron chi connectivity index (χ2n) is 5.08. The largest absolute Gasteiger partial charge is 0.464 e. The molecule has 0 saturated carbocycles. The molecule has 0 aromatic carbocycles. The van der Waals surface area contributed by atoms with Crippen LogP contribution in [0.5, 0.6) is 0 Å². The topological polar surface area (TPSA) is 46.3 Å². The summed E-state index contributed by atoms with van der Waals surface area (Å²) in [7, 11) is 1.78. The Morgan fingerprint density at radius 3 is 2.77 bits per heavy atom. The number of aromatic nitrogens is 1. The molecule has 0 radical (unpaired) electrons. The quantitative estimate of drug-likeness (QED) is 0.713. The van der Waals surface area contributed by atoms with Crippen molar-refractivity contribution in [3.63, 3.8) is 0 Å². The van der Waals surface area contributed by atoms with E-state index in [1.807, 2.05) is 43.5 Å². The molecule has 0 bridgehead atoms. The third-order valence-electron chi connectivity index (χ3n) is 3.26. The van der Waals surface area contributed by atoms with E-state index in [2.05, 4.69) is 4.98 Å². The van der Waals surface area contributed by atoms with Crippen molar-refractivity contribution in [1.29, 1.82) is 0 Å². The molecule has 0 aliphatic rings. The fraction of sp³-hybridized carbons (Fsp3) is 0.250. The van der Waals surface area contributed by atoms with Gasteiger partial charge in [-0.25, -0.2) is 4.98 Å². The van der Waals surface area contributed by atoms with Gasteiger partial charge in [-0.05, 0) is 37.4 Å². The van der Waals surface area contributed by atoms with Crippen molar-refractivity contribution in [2.45, 2.75) is 20.4 Å². The summed E-state index contributed by atoms with van der Waals surface area (Å²) in [4.78, 5) is 20.6. The fourth-order valence-electron chi connectivity index (χ4n) is 2.15. The van der Waals surface area contributed by atoms with Gasteiger partial charge in [0.25, 0.3) is 5.91 Å². The molecular weight excluding hydrogens is 316 g/mol. The third kappa shape index (κ3) is 2.98. The summed E-state index contributed by atoms with van der Waals surface area (Å²) in [6.07, 6.45) is 0. The van der Waals surface area contributed by atoms with Gasteiger partial charge in [-0.2, -0.15) is 0 Å². The van der Waals surface area contributed by atoms with Gasteiger partial charge in [0.15, 0.2) is 0 Å². The average molecular weight is 332 g/mol. The van der Waals surface area contributed by atoms with Gasteiger partial charge >= 0.3 is 0 Å². The van der Waals surface area contributed by atoms with E-state index in [0.29, 0.717) is 11.4 Å². The number of nitrogens with zero attached hydrogens (tertiary/aromatic N) is 2. The summed E-state index contributed by atoms with van der Waals surface area (Å²) < 4.78 is 5.53. The zero-order valence-corrected chi connectivity index (χ0v) is 14.3. The van der Waals surface area contributed by atoms with Crippen molar-refractivity contribution >= 4 is 28.6 Å². The Hall–Kier alpha value is -1.92. The van der Waals surface area contributed by atoms with Crippen LogP contribution in [0.15, 0.2) is 34.1 Å². The van der Waals surface area contributed by atoms with Gasteiger partial charge in [0, 0.05) is 7.05 Å². The molecule has 1 amide bonds. The molecule has 114 valence electrons. The normalized spacial score (nSPS) is 10.9. The average Bonchev–Trinajstić information content (AvgIpc) is 3.19. The lowest BCUT2D eigenvalue weighted by Gasteiger charge is -2.14. The number of hydrogen-bond acceptors (Lipinski definition) is 5. The molecule has 0 spiro atoms. The number of amides is 1. The van der Waals surface area contributed by atoms with Crippen LogP contribution in [0.2, 0.25) is 0 Å². The maximum Gasteiger partial charge on any atom is 0.266 e. The van der Waals surface area contributed by atoms with Gasteiger partial charge in [0.05, 0.1) is 17.1 Å². The van der Waals surface area contributed by atoms with Crippen LogP contribution >= 0.6 is 22.7 Å². The molecular formula is C16H16N2O2S2. The molecule has 0 aliphatic heterocycles. The maximum atomic E-state index is 12.6. The van der Waals surface area contributed by atoms with Crippen LogP contribution in [0.4, 0.5) is 0 Å². The first-order chi connectivity index (χ1) is 10.5. The van der Waals surface area contributed by atoms with Crippen LogP contribution < -0.4 is 0 Å². The van der Waals surface area contributed by atoms with Crippen LogP contribution in [0.25, 0.3) is 9.88 Å². The third-order valence-corrected chi connectivity index (χ3v) is 5.44. The predicted octanol–water partition coefficient (Wildman–Crippen LogP) is 4.35. The Morgan fingerprint density at radius 1 is 1.32 bits per heavy atom. The van der Waals surface area contributed by atoms with E-state index >= 15 is 0 Å². The van der Waals surface area contributed by atoms with Gasteiger partial charge in [0.2, 0.25) is 0 Å². The maximum absolute atomic E-state index is 12.6. The summed E-state index contributed by atoms with van der Waals surface area (Å²) in [5.41, 5.74) is 0.779. The van der Waals surface area contributed by atoms with Gasteiger partial charge < -0.3 is 9.32 Å². The SMILES string of the molecule is Cc1ccc(CN(C)C(=O)c2sc(-c3cccs3)nc2C)o1. The number of thiophene rings is 1. The highest BCUT2D eigenvalue weighted by Gasteiger charge is 2.20. The molecule has 0 unspecified atom stereocenters. The Morgan fingerprint density at radius 2 is 2.14 bits per heavy atom. The van der Waals surface area contributed by atoms with Gasteiger partial charge in [-0.1, -0.05) is 6.07 Å². The predicted molar refractivity (Wildman–Crippen MR) is 89.4 cm³/mol. The Balaban J connectivity index is 1.79. The molecule has 0 aliphatic carbocycles. The molecule has 6 heteroatoms. The number of carbonyl (C=O) groups is 1. The van der Waals surface area contributed by atoms with Crippen LogP contribution in [0.3, 0.4) is 0 Å². The molecule has 0 fully saturated rings. The first-order valence-corrected chi connectivity index (χ1v) is 8.56. The van der Waals surface area contributed by atoms with Crippen molar-refractivity contribution < 1.29 is 9.21 Å². The van der Waals surface area contributed by atoms with Gasteiger partial charge in [-0.3, -0.25) is 4.79 Å². The van der Waals surface area contributed by atoms with Crippen LogP contribution in [-0.4, -0.2) is 22.8 Å². The number of carbonyl (C=O) groups excluding carboxylic acids is 1. The minimum atomic E-state index is -0.0214. The molecule has 3 heterocycles. The highest BCUT2D eigenvalue weighted by atomic mass is 32.1. The molecule has 3 aromatic heterocycles. The summed E-state index contributed by atoms with van der Waals surface area (Å²) in [6, 6.07) is 7.81. The molecule has 0 atom stereocenters. The van der Waals surface area contributed by atoms with E-state index in [-0.39, 0.29) is 5.91 Å². The van der Waals surface area contributed by atoms with Gasteiger partial charge in [0.1, 0.15) is 21.4 Å². The van der Waals surface area contributed by atoms with Gasteiger partial charge in [-0.15, -0.1) is 22.7 Å². The highest BCUT2D eigenvalue weighted by molar-refractivity contribution is 7.22. The Kier molecular flexibility index (Phi) is 4.13. The summed E-state index contributed by atoms with van der Waals surface area (Å²) in [5.74, 6) is 1.62. The second kappa shape index (κ2) is 6.06. The van der Waals surface area contributed by atoms with E-state index < -0.39 is 0 Å². The fourth-order valence-corrected chi connectivity index (χ4v) is 4.01. The number of furan rings is 1. The van der Waals surface area contributed by atoms with E-state index in [9.17, 15) is 4.79 Å². The van der Waals surface area contributed by atoms with Crippen molar-refractivity contribution in [2.75, 3.05) is 7.05 Å². The lowest BCUT2D eigenvalue weighted by molar-refractivity contribution is 0.0779. The standard InChI is InChI=1S/C16H16N2O2S2/c1-10-6-7-12(20-10)9-18(3)16(19)14-11(2)17-15(22-14)13-5-4-8-21-13/h4-8H,9H2,1-3H3. The zero-order chi connectivity index (χ0) is 15.7. The van der Waals surface area contributed by atoms with Crippen molar-refractivity contribution in [3.05, 3.63) is 51.7 Å². The molecule has 4 nitrogen and oxygen atoms in total. The first kappa shape index (κ1) is 15.0. The van der Waals surface area contributed by atoms with Crippen molar-refractivity contribution in [3.8, 4) is 9.88 Å². The highest BCUT2D eigenvalue weighted by Crippen LogP contribution is 2.31. The summed E-state index contributed by atoms with van der Waals surface area (Å²) in [6.45, 7) is 4.23. The smallest absolute Gasteiger partial charge is 0.266 e. The van der Waals surface area contributed by atoms with E-state index in [1.54, 1.807) is 23.3 Å². The number of rotatable bonds is 4. The second-order valence-corrected chi connectivity index (χ2v) is 7.03. The molecule has 3 rings (SSSR count). The monoisotopic (exact) mass is 332 g/mol. The van der Waals surface area contributed by atoms with Crippen molar-refractivity contribution in [2.24, 2.45) is 0 Å². The van der Waals surface area contributed by atoms with Crippen LogP contribution in [0.1, 0.15) is 26.9 Å².